The molecular formula is C25H25NO5. The first-order valence-corrected chi connectivity index (χ1v) is 9.83. The summed E-state index contributed by atoms with van der Waals surface area (Å²) in [7, 11) is 3.19. The molecule has 31 heavy (non-hydrogen) atoms. The van der Waals surface area contributed by atoms with Crippen molar-refractivity contribution in [2.75, 3.05) is 26.1 Å². The molecule has 0 saturated heterocycles. The Hall–Kier alpha value is -3.93. The fourth-order valence-corrected chi connectivity index (χ4v) is 2.86. The Morgan fingerprint density at radius 2 is 1.55 bits per heavy atom. The molecule has 0 aromatic heterocycles. The highest BCUT2D eigenvalue weighted by molar-refractivity contribution is 6.02. The van der Waals surface area contributed by atoms with E-state index in [-0.39, 0.29) is 5.91 Å². The number of nitrogens with one attached hydrogen (secondary N) is 1. The number of methoxy groups -OCH3 is 2. The average molecular weight is 419 g/mol. The summed E-state index contributed by atoms with van der Waals surface area (Å²) < 4.78 is 22.0. The van der Waals surface area contributed by atoms with Crippen molar-refractivity contribution in [3.8, 4) is 28.7 Å². The number of carbonyl (C=O) groups excluding carboxylic acids is 1. The Labute approximate surface area is 182 Å². The predicted octanol–water partition coefficient (Wildman–Crippen LogP) is 5.55. The molecular weight excluding hydrogens is 394 g/mol. The van der Waals surface area contributed by atoms with Gasteiger partial charge in [-0.1, -0.05) is 18.2 Å². The van der Waals surface area contributed by atoms with Gasteiger partial charge in [-0.05, 0) is 67.1 Å². The van der Waals surface area contributed by atoms with Crippen molar-refractivity contribution < 1.29 is 23.7 Å². The van der Waals surface area contributed by atoms with Crippen molar-refractivity contribution >= 4 is 17.7 Å². The molecule has 0 aliphatic heterocycles. The van der Waals surface area contributed by atoms with Crippen molar-refractivity contribution in [1.29, 1.82) is 0 Å². The third-order valence-electron chi connectivity index (χ3n) is 4.33. The number of para-hydroxylation sites is 2. The molecule has 6 nitrogen and oxygen atoms in total. The smallest absolute Gasteiger partial charge is 0.248 e. The van der Waals surface area contributed by atoms with Gasteiger partial charge < -0.3 is 24.3 Å². The Morgan fingerprint density at radius 3 is 2.23 bits per heavy atom. The van der Waals surface area contributed by atoms with Crippen LogP contribution in [0, 0.1) is 0 Å². The molecule has 0 unspecified atom stereocenters. The quantitative estimate of drug-likeness (QED) is 0.461. The molecule has 3 aromatic rings. The summed E-state index contributed by atoms with van der Waals surface area (Å²) in [4.78, 5) is 12.3. The molecule has 3 rings (SSSR count). The number of rotatable bonds is 9. The van der Waals surface area contributed by atoms with E-state index in [1.165, 1.54) is 6.08 Å². The summed E-state index contributed by atoms with van der Waals surface area (Å²) in [6, 6.07) is 20.0. The minimum absolute atomic E-state index is 0.243. The van der Waals surface area contributed by atoms with Gasteiger partial charge in [-0.25, -0.2) is 0 Å². The molecule has 3 aromatic carbocycles. The first-order valence-electron chi connectivity index (χ1n) is 9.83. The summed E-state index contributed by atoms with van der Waals surface area (Å²) in [6.07, 6.45) is 3.19. The summed E-state index contributed by atoms with van der Waals surface area (Å²) in [6.45, 7) is 2.43. The molecule has 0 bridgehead atoms. The third kappa shape index (κ3) is 6.02. The van der Waals surface area contributed by atoms with Crippen LogP contribution in [-0.4, -0.2) is 26.7 Å². The van der Waals surface area contributed by atoms with Gasteiger partial charge in [-0.3, -0.25) is 4.79 Å². The van der Waals surface area contributed by atoms with Gasteiger partial charge in [0.25, 0.3) is 0 Å². The number of hydrogen-bond acceptors (Lipinski definition) is 5. The van der Waals surface area contributed by atoms with Gasteiger partial charge in [0, 0.05) is 11.8 Å². The fraction of sp³-hybridized carbons (Fsp3) is 0.160. The van der Waals surface area contributed by atoms with Crippen molar-refractivity contribution in [3.63, 3.8) is 0 Å². The summed E-state index contributed by atoms with van der Waals surface area (Å²) in [5, 5.41) is 2.83. The summed E-state index contributed by atoms with van der Waals surface area (Å²) in [5.41, 5.74) is 1.49. The first-order chi connectivity index (χ1) is 15.1. The van der Waals surface area contributed by atoms with Crippen molar-refractivity contribution in [1.82, 2.24) is 0 Å². The third-order valence-corrected chi connectivity index (χ3v) is 4.33. The lowest BCUT2D eigenvalue weighted by atomic mass is 10.2. The standard InChI is InChI=1S/C25H25NO5/c1-4-30-24-17-18(9-15-22(24)29-3)10-16-25(27)26-19-11-13-20(14-12-19)31-23-8-6-5-7-21(23)28-2/h5-17H,4H2,1-3H3,(H,26,27)/b16-10+. The minimum Gasteiger partial charge on any atom is -0.493 e. The van der Waals surface area contributed by atoms with Crippen LogP contribution in [-0.2, 0) is 4.79 Å². The van der Waals surface area contributed by atoms with Gasteiger partial charge in [0.1, 0.15) is 5.75 Å². The van der Waals surface area contributed by atoms with Gasteiger partial charge >= 0.3 is 0 Å². The highest BCUT2D eigenvalue weighted by Gasteiger charge is 2.06. The van der Waals surface area contributed by atoms with E-state index in [0.29, 0.717) is 41.0 Å². The largest absolute Gasteiger partial charge is 0.493 e. The van der Waals surface area contributed by atoms with Crippen LogP contribution in [0.4, 0.5) is 5.69 Å². The van der Waals surface area contributed by atoms with E-state index >= 15 is 0 Å². The van der Waals surface area contributed by atoms with Gasteiger partial charge in [0.15, 0.2) is 23.0 Å². The number of benzene rings is 3. The molecule has 0 aliphatic rings. The van der Waals surface area contributed by atoms with Crippen LogP contribution in [0.25, 0.3) is 6.08 Å². The molecule has 0 fully saturated rings. The van der Waals surface area contributed by atoms with Crippen LogP contribution in [0.3, 0.4) is 0 Å². The zero-order chi connectivity index (χ0) is 22.1. The Balaban J connectivity index is 1.61. The van der Waals surface area contributed by atoms with Gasteiger partial charge in [0.2, 0.25) is 5.91 Å². The number of hydrogen-bond donors (Lipinski definition) is 1. The fourth-order valence-electron chi connectivity index (χ4n) is 2.86. The van der Waals surface area contributed by atoms with E-state index in [2.05, 4.69) is 5.32 Å². The maximum Gasteiger partial charge on any atom is 0.248 e. The number of anilines is 1. The maximum absolute atomic E-state index is 12.3. The van der Waals surface area contributed by atoms with E-state index in [9.17, 15) is 4.79 Å². The lowest BCUT2D eigenvalue weighted by Crippen LogP contribution is -2.07. The molecule has 0 heterocycles. The maximum atomic E-state index is 12.3. The van der Waals surface area contributed by atoms with E-state index in [1.807, 2.05) is 49.4 Å². The molecule has 0 aliphatic carbocycles. The minimum atomic E-state index is -0.243. The molecule has 0 atom stereocenters. The van der Waals surface area contributed by atoms with Gasteiger partial charge in [-0.15, -0.1) is 0 Å². The Bertz CT molecular complexity index is 1040. The van der Waals surface area contributed by atoms with Crippen LogP contribution in [0.1, 0.15) is 12.5 Å². The molecule has 1 N–H and O–H groups in total. The van der Waals surface area contributed by atoms with Crippen LogP contribution in [0.15, 0.2) is 72.8 Å². The van der Waals surface area contributed by atoms with E-state index < -0.39 is 0 Å². The van der Waals surface area contributed by atoms with E-state index in [4.69, 9.17) is 18.9 Å². The second kappa shape index (κ2) is 10.7. The van der Waals surface area contributed by atoms with Gasteiger partial charge in [0.05, 0.1) is 20.8 Å². The van der Waals surface area contributed by atoms with E-state index in [1.54, 1.807) is 44.6 Å². The van der Waals surface area contributed by atoms with Crippen molar-refractivity contribution in [3.05, 3.63) is 78.4 Å². The van der Waals surface area contributed by atoms with Crippen LogP contribution < -0.4 is 24.3 Å². The molecule has 0 radical (unpaired) electrons. The number of ether oxygens (including phenoxy) is 4. The zero-order valence-corrected chi connectivity index (χ0v) is 17.8. The first kappa shape index (κ1) is 21.8. The second-order valence-corrected chi connectivity index (χ2v) is 6.44. The molecule has 160 valence electrons. The predicted molar refractivity (Wildman–Crippen MR) is 121 cm³/mol. The van der Waals surface area contributed by atoms with Crippen LogP contribution in [0.2, 0.25) is 0 Å². The lowest BCUT2D eigenvalue weighted by Gasteiger charge is -2.10. The monoisotopic (exact) mass is 419 g/mol. The highest BCUT2D eigenvalue weighted by Crippen LogP contribution is 2.31. The molecule has 1 amide bonds. The number of amides is 1. The summed E-state index contributed by atoms with van der Waals surface area (Å²) in [5.74, 6) is 2.95. The lowest BCUT2D eigenvalue weighted by molar-refractivity contribution is -0.111. The highest BCUT2D eigenvalue weighted by atomic mass is 16.5. The zero-order valence-electron chi connectivity index (χ0n) is 17.8. The number of carbonyl (C=O) groups is 1. The molecule has 0 spiro atoms. The Morgan fingerprint density at radius 1 is 0.871 bits per heavy atom. The van der Waals surface area contributed by atoms with E-state index in [0.717, 1.165) is 5.56 Å². The van der Waals surface area contributed by atoms with Crippen LogP contribution in [0.5, 0.6) is 28.7 Å². The molecule has 0 saturated carbocycles. The average Bonchev–Trinajstić information content (AvgIpc) is 2.80. The summed E-state index contributed by atoms with van der Waals surface area (Å²) >= 11 is 0. The van der Waals surface area contributed by atoms with Crippen LogP contribution >= 0.6 is 0 Å². The van der Waals surface area contributed by atoms with Crippen molar-refractivity contribution in [2.24, 2.45) is 0 Å². The SMILES string of the molecule is CCOc1cc(/C=C/C(=O)Nc2ccc(Oc3ccccc3OC)cc2)ccc1OC. The molecule has 6 heteroatoms. The second-order valence-electron chi connectivity index (χ2n) is 6.44. The Kier molecular flexibility index (Phi) is 7.54. The normalized spacial score (nSPS) is 10.5. The van der Waals surface area contributed by atoms with Crippen molar-refractivity contribution in [2.45, 2.75) is 6.92 Å². The topological polar surface area (TPSA) is 66.0 Å². The van der Waals surface area contributed by atoms with Gasteiger partial charge in [-0.2, -0.15) is 0 Å².